The van der Waals surface area contributed by atoms with E-state index in [1.54, 1.807) is 0 Å². The van der Waals surface area contributed by atoms with Crippen molar-refractivity contribution in [2.45, 2.75) is 65.1 Å². The maximum atomic E-state index is 12.6. The summed E-state index contributed by atoms with van der Waals surface area (Å²) in [6.45, 7) is 6.46. The van der Waals surface area contributed by atoms with Crippen LogP contribution in [0.5, 0.6) is 0 Å². The average Bonchev–Trinajstić information content (AvgIpc) is 2.89. The summed E-state index contributed by atoms with van der Waals surface area (Å²) in [5.74, 6) is -1.00. The minimum atomic E-state index is -1.46. The molecule has 0 unspecified atom stereocenters. The summed E-state index contributed by atoms with van der Waals surface area (Å²) >= 11 is 0. The van der Waals surface area contributed by atoms with Gasteiger partial charge in [0.05, 0.1) is 12.5 Å². The highest BCUT2D eigenvalue weighted by atomic mass is 16.7. The summed E-state index contributed by atoms with van der Waals surface area (Å²) in [7, 11) is 1.48. The highest BCUT2D eigenvalue weighted by Crippen LogP contribution is 2.66. The third-order valence-electron chi connectivity index (χ3n) is 8.40. The van der Waals surface area contributed by atoms with Crippen molar-refractivity contribution in [3.05, 3.63) is 11.6 Å². The lowest BCUT2D eigenvalue weighted by Crippen LogP contribution is -2.59. The number of methoxy groups -OCH3 is 1. The standard InChI is InChI=1S/C21H30O5/c1-12-13-6-7-16-19(2,8-5-9-20(16,3)18(23)25-4)15(13)11-21(24)14(12)10-17(22)26-21/h10,12-13,15-16,24H,5-9,11H2,1-4H3/t12-,13+,15+,16-,19-,20-,21-/m1/s1. The van der Waals surface area contributed by atoms with E-state index in [2.05, 4.69) is 20.8 Å². The van der Waals surface area contributed by atoms with Gasteiger partial charge in [-0.25, -0.2) is 4.79 Å². The Morgan fingerprint density at radius 1 is 1.31 bits per heavy atom. The van der Waals surface area contributed by atoms with Gasteiger partial charge in [0.2, 0.25) is 5.79 Å². The number of rotatable bonds is 1. The molecule has 4 aliphatic rings. The van der Waals surface area contributed by atoms with Gasteiger partial charge in [0.25, 0.3) is 0 Å². The molecular formula is C21H30O5. The molecule has 3 aliphatic carbocycles. The minimum Gasteiger partial charge on any atom is -0.469 e. The van der Waals surface area contributed by atoms with Gasteiger partial charge in [-0.05, 0) is 61.7 Å². The van der Waals surface area contributed by atoms with Gasteiger partial charge in [0.1, 0.15) is 0 Å². The molecule has 0 bridgehead atoms. The number of hydrogen-bond donors (Lipinski definition) is 1. The highest BCUT2D eigenvalue weighted by Gasteiger charge is 2.64. The van der Waals surface area contributed by atoms with E-state index >= 15 is 0 Å². The fourth-order valence-corrected chi connectivity index (χ4v) is 7.18. The van der Waals surface area contributed by atoms with Crippen molar-refractivity contribution in [1.82, 2.24) is 0 Å². The molecule has 5 nitrogen and oxygen atoms in total. The predicted octanol–water partition coefficient (Wildman–Crippen LogP) is 3.21. The average molecular weight is 362 g/mol. The van der Waals surface area contributed by atoms with Gasteiger partial charge in [-0.15, -0.1) is 0 Å². The van der Waals surface area contributed by atoms with Crippen molar-refractivity contribution in [3.63, 3.8) is 0 Å². The Hall–Kier alpha value is -1.36. The molecule has 0 radical (unpaired) electrons. The molecular weight excluding hydrogens is 332 g/mol. The summed E-state index contributed by atoms with van der Waals surface area (Å²) in [5.41, 5.74) is 0.215. The van der Waals surface area contributed by atoms with Gasteiger partial charge in [-0.2, -0.15) is 0 Å². The molecule has 0 aromatic rings. The lowest BCUT2D eigenvalue weighted by atomic mass is 9.42. The molecule has 26 heavy (non-hydrogen) atoms. The fourth-order valence-electron chi connectivity index (χ4n) is 7.18. The van der Waals surface area contributed by atoms with E-state index in [9.17, 15) is 14.7 Å². The third kappa shape index (κ3) is 2.19. The second-order valence-electron chi connectivity index (χ2n) is 9.47. The Morgan fingerprint density at radius 3 is 2.73 bits per heavy atom. The molecule has 3 saturated carbocycles. The van der Waals surface area contributed by atoms with Crippen LogP contribution in [0.2, 0.25) is 0 Å². The van der Waals surface area contributed by atoms with Gasteiger partial charge in [0.15, 0.2) is 0 Å². The molecule has 7 atom stereocenters. The van der Waals surface area contributed by atoms with Crippen molar-refractivity contribution in [2.24, 2.45) is 34.5 Å². The summed E-state index contributed by atoms with van der Waals surface area (Å²) in [6, 6.07) is 0. The molecule has 0 amide bonds. The van der Waals surface area contributed by atoms with Gasteiger partial charge in [0, 0.05) is 18.1 Å². The zero-order valence-corrected chi connectivity index (χ0v) is 16.2. The lowest BCUT2D eigenvalue weighted by molar-refractivity contribution is -0.222. The Labute approximate surface area is 155 Å². The maximum Gasteiger partial charge on any atom is 0.333 e. The smallest absolute Gasteiger partial charge is 0.333 e. The van der Waals surface area contributed by atoms with Crippen molar-refractivity contribution >= 4 is 11.9 Å². The Morgan fingerprint density at radius 2 is 2.04 bits per heavy atom. The molecule has 3 fully saturated rings. The summed E-state index contributed by atoms with van der Waals surface area (Å²) in [6.07, 6.45) is 6.84. The van der Waals surface area contributed by atoms with Crippen molar-refractivity contribution in [1.29, 1.82) is 0 Å². The fraction of sp³-hybridized carbons (Fsp3) is 0.810. The first-order chi connectivity index (χ1) is 12.2. The molecule has 1 heterocycles. The zero-order chi connectivity index (χ0) is 18.9. The number of ether oxygens (including phenoxy) is 2. The van der Waals surface area contributed by atoms with Crippen LogP contribution < -0.4 is 0 Å². The largest absolute Gasteiger partial charge is 0.469 e. The first kappa shape index (κ1) is 18.0. The monoisotopic (exact) mass is 362 g/mol. The van der Waals surface area contributed by atoms with Crippen LogP contribution in [-0.4, -0.2) is 29.9 Å². The maximum absolute atomic E-state index is 12.6. The highest BCUT2D eigenvalue weighted by molar-refractivity contribution is 5.86. The Bertz CT molecular complexity index is 684. The SMILES string of the molecule is COC(=O)[C@]1(C)CCC[C@@]2(C)[C@H]1CC[C@H]1[C@@H](C)C3=CC(=O)O[C@]3(O)C[C@@H]12. The second kappa shape index (κ2) is 5.57. The first-order valence-electron chi connectivity index (χ1n) is 9.91. The molecule has 0 aromatic heterocycles. The molecule has 0 spiro atoms. The van der Waals surface area contributed by atoms with Crippen LogP contribution >= 0.6 is 0 Å². The van der Waals surface area contributed by atoms with E-state index in [0.29, 0.717) is 12.3 Å². The molecule has 0 saturated heterocycles. The van der Waals surface area contributed by atoms with Crippen LogP contribution in [0.1, 0.15) is 59.3 Å². The van der Waals surface area contributed by atoms with Crippen LogP contribution in [-0.2, 0) is 19.1 Å². The molecule has 5 heteroatoms. The number of carbonyl (C=O) groups is 2. The van der Waals surface area contributed by atoms with Crippen LogP contribution in [0.3, 0.4) is 0 Å². The number of esters is 2. The van der Waals surface area contributed by atoms with Crippen LogP contribution in [0.4, 0.5) is 0 Å². The van der Waals surface area contributed by atoms with Gasteiger partial charge >= 0.3 is 11.9 Å². The topological polar surface area (TPSA) is 72.8 Å². The summed E-state index contributed by atoms with van der Waals surface area (Å²) < 4.78 is 10.5. The van der Waals surface area contributed by atoms with E-state index in [0.717, 1.165) is 37.7 Å². The Balaban J connectivity index is 1.73. The van der Waals surface area contributed by atoms with Crippen LogP contribution in [0.25, 0.3) is 0 Å². The van der Waals surface area contributed by atoms with E-state index in [1.807, 2.05) is 0 Å². The predicted molar refractivity (Wildman–Crippen MR) is 94.7 cm³/mol. The van der Waals surface area contributed by atoms with Crippen molar-refractivity contribution in [3.8, 4) is 0 Å². The van der Waals surface area contributed by atoms with E-state index in [4.69, 9.17) is 9.47 Å². The van der Waals surface area contributed by atoms with E-state index < -0.39 is 17.2 Å². The number of fused-ring (bicyclic) bond motifs is 4. The first-order valence-corrected chi connectivity index (χ1v) is 9.91. The van der Waals surface area contributed by atoms with Crippen LogP contribution in [0.15, 0.2) is 11.6 Å². The van der Waals surface area contributed by atoms with Crippen molar-refractivity contribution in [2.75, 3.05) is 7.11 Å². The van der Waals surface area contributed by atoms with Gasteiger partial charge in [-0.3, -0.25) is 4.79 Å². The number of aliphatic hydroxyl groups is 1. The van der Waals surface area contributed by atoms with Crippen molar-refractivity contribution < 1.29 is 24.2 Å². The normalized spacial score (nSPS) is 50.0. The van der Waals surface area contributed by atoms with Gasteiger partial charge < -0.3 is 14.6 Å². The van der Waals surface area contributed by atoms with Crippen LogP contribution in [0, 0.1) is 34.5 Å². The lowest BCUT2D eigenvalue weighted by Gasteiger charge is -2.62. The number of carbonyl (C=O) groups excluding carboxylic acids is 2. The third-order valence-corrected chi connectivity index (χ3v) is 8.40. The zero-order valence-electron chi connectivity index (χ0n) is 16.2. The number of hydrogen-bond acceptors (Lipinski definition) is 5. The van der Waals surface area contributed by atoms with Gasteiger partial charge in [-0.1, -0.05) is 20.3 Å². The molecule has 1 aliphatic heterocycles. The summed E-state index contributed by atoms with van der Waals surface area (Å²) in [5, 5.41) is 11.1. The van der Waals surface area contributed by atoms with E-state index in [1.165, 1.54) is 13.2 Å². The summed E-state index contributed by atoms with van der Waals surface area (Å²) in [4.78, 5) is 24.5. The molecule has 0 aromatic carbocycles. The minimum absolute atomic E-state index is 0.0609. The van der Waals surface area contributed by atoms with E-state index in [-0.39, 0.29) is 29.1 Å². The molecule has 4 rings (SSSR count). The molecule has 1 N–H and O–H groups in total. The quantitative estimate of drug-likeness (QED) is 0.725. The molecule has 144 valence electrons. The Kier molecular flexibility index (Phi) is 3.86. The second-order valence-corrected chi connectivity index (χ2v) is 9.47.